The average molecular weight is 540 g/mol. The van der Waals surface area contributed by atoms with Crippen molar-refractivity contribution in [1.29, 1.82) is 0 Å². The second-order valence-corrected chi connectivity index (χ2v) is 10.9. The molecule has 0 aliphatic heterocycles. The molecule has 2 rings (SSSR count). The number of carbonyl (C=O) groups excluding carboxylic acids is 3. The molecule has 0 saturated carbocycles. The molecule has 0 aliphatic rings. The van der Waals surface area contributed by atoms with E-state index in [1.807, 2.05) is 25.1 Å². The van der Waals surface area contributed by atoms with E-state index >= 15 is 0 Å². The van der Waals surface area contributed by atoms with Crippen LogP contribution < -0.4 is 10.6 Å². The van der Waals surface area contributed by atoms with Gasteiger partial charge in [0.1, 0.15) is 23.9 Å². The van der Waals surface area contributed by atoms with Gasteiger partial charge in [-0.3, -0.25) is 9.59 Å². The first kappa shape index (κ1) is 31.7. The van der Waals surface area contributed by atoms with Crippen LogP contribution in [-0.2, 0) is 14.3 Å². The van der Waals surface area contributed by atoms with Gasteiger partial charge in [-0.15, -0.1) is 0 Å². The Labute approximate surface area is 233 Å². The largest absolute Gasteiger partial charge is 0.507 e. The monoisotopic (exact) mass is 539 g/mol. The molecule has 3 amide bonds. The molecule has 39 heavy (non-hydrogen) atoms. The van der Waals surface area contributed by atoms with Crippen LogP contribution in [0.2, 0.25) is 0 Å². The van der Waals surface area contributed by atoms with Gasteiger partial charge in [-0.1, -0.05) is 75.4 Å². The highest BCUT2D eigenvalue weighted by Crippen LogP contribution is 2.33. The predicted octanol–water partition coefficient (Wildman–Crippen LogP) is 6.40. The Morgan fingerprint density at radius 3 is 2.23 bits per heavy atom. The fourth-order valence-corrected chi connectivity index (χ4v) is 4.29. The number of unbranched alkanes of at least 4 members (excludes halogenated alkanes) is 5. The van der Waals surface area contributed by atoms with Crippen LogP contribution in [0.25, 0.3) is 0 Å². The molecule has 2 aromatic carbocycles. The maximum Gasteiger partial charge on any atom is 0.408 e. The maximum absolute atomic E-state index is 13.8. The highest BCUT2D eigenvalue weighted by Gasteiger charge is 2.34. The minimum Gasteiger partial charge on any atom is -0.507 e. The standard InChI is InChI=1S/C31H45N3O5/c1-7-8-9-10-11-14-20-34(26(35)21-32-30(38)39-31(4,5)6)27(24-18-15-17-23(3)28(24)36)29(37)33-25-19-13-12-16-22(25)2/h12-13,15-19,27,36H,7-11,14,20-21H2,1-6H3,(H,32,38)(H,33,37). The number of nitrogens with zero attached hydrogens (tertiary/aromatic N) is 1. The SMILES string of the molecule is CCCCCCCCN(C(=O)CNC(=O)OC(C)(C)C)C(C(=O)Nc1ccccc1C)c1cccc(C)c1O. The van der Waals surface area contributed by atoms with Gasteiger partial charge in [-0.2, -0.15) is 0 Å². The summed E-state index contributed by atoms with van der Waals surface area (Å²) in [4.78, 5) is 41.2. The van der Waals surface area contributed by atoms with Crippen LogP contribution in [0.3, 0.4) is 0 Å². The molecule has 0 bridgehead atoms. The van der Waals surface area contributed by atoms with Crippen LogP contribution in [0.15, 0.2) is 42.5 Å². The fraction of sp³-hybridized carbons (Fsp3) is 0.516. The molecule has 1 unspecified atom stereocenters. The van der Waals surface area contributed by atoms with Crippen molar-refractivity contribution in [3.05, 3.63) is 59.2 Å². The van der Waals surface area contributed by atoms with Gasteiger partial charge in [0.25, 0.3) is 5.91 Å². The number of benzene rings is 2. The van der Waals surface area contributed by atoms with Crippen LogP contribution in [0.4, 0.5) is 10.5 Å². The molecule has 3 N–H and O–H groups in total. The van der Waals surface area contributed by atoms with Gasteiger partial charge in [0.05, 0.1) is 0 Å². The highest BCUT2D eigenvalue weighted by molar-refractivity contribution is 5.99. The van der Waals surface area contributed by atoms with Gasteiger partial charge in [-0.25, -0.2) is 4.79 Å². The third kappa shape index (κ3) is 10.3. The lowest BCUT2D eigenvalue weighted by atomic mass is 9.99. The Balaban J connectivity index is 2.39. The molecule has 0 radical (unpaired) electrons. The van der Waals surface area contributed by atoms with Gasteiger partial charge in [0.2, 0.25) is 5.91 Å². The van der Waals surface area contributed by atoms with Crippen molar-refractivity contribution < 1.29 is 24.2 Å². The number of aromatic hydroxyl groups is 1. The van der Waals surface area contributed by atoms with E-state index in [0.717, 1.165) is 37.7 Å². The molecular formula is C31H45N3O5. The van der Waals surface area contributed by atoms with Gasteiger partial charge in [0.15, 0.2) is 0 Å². The Bertz CT molecular complexity index is 1110. The van der Waals surface area contributed by atoms with E-state index in [9.17, 15) is 19.5 Å². The molecule has 0 aromatic heterocycles. The second kappa shape index (κ2) is 15.1. The number of phenolic OH excluding ortho intramolecular Hbond substituents is 1. The van der Waals surface area contributed by atoms with Crippen LogP contribution in [-0.4, -0.2) is 46.6 Å². The fourth-order valence-electron chi connectivity index (χ4n) is 4.29. The van der Waals surface area contributed by atoms with Crippen LogP contribution >= 0.6 is 0 Å². The summed E-state index contributed by atoms with van der Waals surface area (Å²) < 4.78 is 5.28. The smallest absolute Gasteiger partial charge is 0.408 e. The van der Waals surface area contributed by atoms with Gasteiger partial charge in [-0.05, 0) is 58.2 Å². The summed E-state index contributed by atoms with van der Waals surface area (Å²) in [6.45, 7) is 11.0. The van der Waals surface area contributed by atoms with Crippen molar-refractivity contribution in [2.24, 2.45) is 0 Å². The van der Waals surface area contributed by atoms with E-state index in [-0.39, 0.29) is 12.3 Å². The van der Waals surface area contributed by atoms with E-state index in [0.29, 0.717) is 29.8 Å². The molecule has 8 nitrogen and oxygen atoms in total. The Kier molecular flexibility index (Phi) is 12.3. The minimum absolute atomic E-state index is 0.0386. The highest BCUT2D eigenvalue weighted by atomic mass is 16.6. The van der Waals surface area contributed by atoms with Crippen LogP contribution in [0, 0.1) is 13.8 Å². The molecule has 0 saturated heterocycles. The molecule has 1 atom stereocenters. The Morgan fingerprint density at radius 2 is 1.56 bits per heavy atom. The normalized spacial score (nSPS) is 11.9. The molecular weight excluding hydrogens is 494 g/mol. The lowest BCUT2D eigenvalue weighted by Gasteiger charge is -2.32. The van der Waals surface area contributed by atoms with Crippen LogP contribution in [0.5, 0.6) is 5.75 Å². The number of hydrogen-bond acceptors (Lipinski definition) is 5. The molecule has 0 aliphatic carbocycles. The number of amides is 3. The average Bonchev–Trinajstić information content (AvgIpc) is 2.86. The molecule has 0 heterocycles. The number of nitrogens with one attached hydrogen (secondary N) is 2. The maximum atomic E-state index is 13.8. The zero-order valence-electron chi connectivity index (χ0n) is 24.3. The summed E-state index contributed by atoms with van der Waals surface area (Å²) in [6, 6.07) is 11.4. The summed E-state index contributed by atoms with van der Waals surface area (Å²) in [5.41, 5.74) is 1.71. The Hall–Kier alpha value is -3.55. The van der Waals surface area contributed by atoms with Crippen molar-refractivity contribution in [3.8, 4) is 5.75 Å². The lowest BCUT2D eigenvalue weighted by Crippen LogP contribution is -2.47. The van der Waals surface area contributed by atoms with E-state index in [4.69, 9.17) is 4.74 Å². The summed E-state index contributed by atoms with van der Waals surface area (Å²) >= 11 is 0. The number of rotatable bonds is 13. The van der Waals surface area contributed by atoms with Crippen molar-refractivity contribution in [2.75, 3.05) is 18.4 Å². The summed E-state index contributed by atoms with van der Waals surface area (Å²) in [5.74, 6) is -0.926. The number of anilines is 1. The summed E-state index contributed by atoms with van der Waals surface area (Å²) in [6.07, 6.45) is 5.30. The summed E-state index contributed by atoms with van der Waals surface area (Å²) in [7, 11) is 0. The first-order chi connectivity index (χ1) is 18.4. The van der Waals surface area contributed by atoms with Crippen molar-refractivity contribution in [3.63, 3.8) is 0 Å². The number of hydrogen-bond donors (Lipinski definition) is 3. The van der Waals surface area contributed by atoms with Crippen LogP contribution in [0.1, 0.15) is 89.0 Å². The van der Waals surface area contributed by atoms with E-state index < -0.39 is 29.6 Å². The molecule has 214 valence electrons. The molecule has 2 aromatic rings. The van der Waals surface area contributed by atoms with Gasteiger partial charge >= 0.3 is 6.09 Å². The Morgan fingerprint density at radius 1 is 0.923 bits per heavy atom. The molecule has 0 spiro atoms. The first-order valence-electron chi connectivity index (χ1n) is 13.9. The zero-order valence-corrected chi connectivity index (χ0v) is 24.3. The topological polar surface area (TPSA) is 108 Å². The number of para-hydroxylation sites is 2. The first-order valence-corrected chi connectivity index (χ1v) is 13.9. The lowest BCUT2D eigenvalue weighted by molar-refractivity contribution is -0.138. The number of phenols is 1. The van der Waals surface area contributed by atoms with E-state index in [1.165, 1.54) is 4.90 Å². The number of alkyl carbamates (subject to hydrolysis) is 1. The van der Waals surface area contributed by atoms with Crippen molar-refractivity contribution in [1.82, 2.24) is 10.2 Å². The van der Waals surface area contributed by atoms with Crippen molar-refractivity contribution in [2.45, 2.75) is 91.7 Å². The van der Waals surface area contributed by atoms with E-state index in [2.05, 4.69) is 17.6 Å². The zero-order chi connectivity index (χ0) is 29.0. The van der Waals surface area contributed by atoms with Gasteiger partial charge < -0.3 is 25.4 Å². The van der Waals surface area contributed by atoms with Crippen molar-refractivity contribution >= 4 is 23.6 Å². The second-order valence-electron chi connectivity index (χ2n) is 10.9. The quantitative estimate of drug-likeness (QED) is 0.255. The number of aryl methyl sites for hydroxylation is 2. The predicted molar refractivity (Wildman–Crippen MR) is 155 cm³/mol. The molecule has 8 heteroatoms. The number of ether oxygens (including phenoxy) is 1. The molecule has 0 fully saturated rings. The number of carbonyl (C=O) groups is 3. The third-order valence-electron chi connectivity index (χ3n) is 6.38. The van der Waals surface area contributed by atoms with E-state index in [1.54, 1.807) is 52.0 Å². The van der Waals surface area contributed by atoms with Gasteiger partial charge in [0, 0.05) is 17.8 Å². The summed E-state index contributed by atoms with van der Waals surface area (Å²) in [5, 5.41) is 16.4. The minimum atomic E-state index is -1.10. The third-order valence-corrected chi connectivity index (χ3v) is 6.38.